The number of ether oxygens (including phenoxy) is 7. The van der Waals surface area contributed by atoms with Crippen LogP contribution in [-0.4, -0.2) is 148 Å². The molecule has 0 spiro atoms. The van der Waals surface area contributed by atoms with Gasteiger partial charge in [-0.2, -0.15) is 0 Å². The topological polar surface area (TPSA) is 255 Å². The molecule has 1 saturated carbocycles. The summed E-state index contributed by atoms with van der Waals surface area (Å²) in [6.45, 7) is 0.627. The SMILES string of the molecule is CC1OC(OC2C(CNC(=O)OCc3ccccc3)OCCC2OC2OC(CO)C(O)C(OC(CC3CCCCC3)C(=O)[O-])C2O)C(O)C(O)C1O. The van der Waals surface area contributed by atoms with Crippen molar-refractivity contribution in [2.45, 2.75) is 144 Å². The van der Waals surface area contributed by atoms with Crippen LogP contribution >= 0.6 is 0 Å². The standard InChI is InChI=1S/C35H53NO16/c1-18-25(38)27(40)28(41)33(48-18)52-30-21(12-13-46-23(30)15-36-35(45)47-17-20-10-6-3-7-11-20)50-34-29(42)31(26(39)24(16-37)51-34)49-22(32(43)44)14-19-8-4-2-5-9-19/h3,6-7,10-11,18-19,21-31,33-34,37-42H,2,4-5,8-9,12-17H2,1H3,(H,36,45)(H,43,44)/p-1. The molecule has 3 aliphatic heterocycles. The van der Waals surface area contributed by atoms with Crippen LogP contribution in [0.3, 0.4) is 0 Å². The minimum Gasteiger partial charge on any atom is -0.547 e. The monoisotopic (exact) mass is 742 g/mol. The van der Waals surface area contributed by atoms with Crippen LogP contribution in [0.15, 0.2) is 30.3 Å². The molecule has 1 aromatic rings. The van der Waals surface area contributed by atoms with E-state index >= 15 is 0 Å². The van der Waals surface area contributed by atoms with Crippen molar-refractivity contribution in [3.05, 3.63) is 35.9 Å². The van der Waals surface area contributed by atoms with Crippen molar-refractivity contribution in [1.29, 1.82) is 0 Å². The second kappa shape index (κ2) is 19.2. The Morgan fingerprint density at radius 3 is 2.27 bits per heavy atom. The largest absolute Gasteiger partial charge is 0.547 e. The Morgan fingerprint density at radius 2 is 1.58 bits per heavy atom. The molecule has 17 nitrogen and oxygen atoms in total. The van der Waals surface area contributed by atoms with Gasteiger partial charge in [-0.3, -0.25) is 0 Å². The lowest BCUT2D eigenvalue weighted by Crippen LogP contribution is -2.64. The third kappa shape index (κ3) is 10.4. The van der Waals surface area contributed by atoms with E-state index in [9.17, 15) is 45.3 Å². The lowest BCUT2D eigenvalue weighted by Gasteiger charge is -2.47. The molecule has 14 atom stereocenters. The number of carbonyl (C=O) groups is 2. The number of alkyl carbamates (subject to hydrolysis) is 1. The number of nitrogens with one attached hydrogen (secondary N) is 1. The number of carbonyl (C=O) groups excluding carboxylic acids is 2. The highest BCUT2D eigenvalue weighted by atomic mass is 16.7. The summed E-state index contributed by atoms with van der Waals surface area (Å²) in [5.41, 5.74) is 0.763. The Morgan fingerprint density at radius 1 is 0.865 bits per heavy atom. The number of rotatable bonds is 14. The second-order valence-electron chi connectivity index (χ2n) is 14.0. The molecule has 0 bridgehead atoms. The summed E-state index contributed by atoms with van der Waals surface area (Å²) in [6, 6.07) is 9.01. The zero-order chi connectivity index (χ0) is 37.4. The average molecular weight is 743 g/mol. The number of aliphatic hydroxyl groups excluding tert-OH is 6. The minimum absolute atomic E-state index is 0.00153. The number of carboxylic acid groups (broad SMARTS) is 1. The maximum absolute atomic E-state index is 12.6. The number of carboxylic acids is 1. The molecule has 14 unspecified atom stereocenters. The van der Waals surface area contributed by atoms with Gasteiger partial charge >= 0.3 is 6.09 Å². The first kappa shape index (κ1) is 40.7. The number of benzene rings is 1. The lowest BCUT2D eigenvalue weighted by atomic mass is 9.85. The zero-order valence-corrected chi connectivity index (χ0v) is 29.1. The van der Waals surface area contributed by atoms with Crippen LogP contribution in [0, 0.1) is 5.92 Å². The van der Waals surface area contributed by atoms with Crippen LogP contribution in [-0.2, 0) is 44.6 Å². The molecule has 1 amide bonds. The maximum atomic E-state index is 12.6. The van der Waals surface area contributed by atoms with E-state index in [1.165, 1.54) is 6.92 Å². The van der Waals surface area contributed by atoms with Gasteiger partial charge in [0, 0.05) is 13.2 Å². The maximum Gasteiger partial charge on any atom is 0.407 e. The van der Waals surface area contributed by atoms with E-state index in [1.54, 1.807) is 24.3 Å². The molecule has 1 aliphatic carbocycles. The highest BCUT2D eigenvalue weighted by molar-refractivity contribution is 5.70. The van der Waals surface area contributed by atoms with Crippen LogP contribution in [0.2, 0.25) is 0 Å². The molecule has 0 radical (unpaired) electrons. The highest BCUT2D eigenvalue weighted by Crippen LogP contribution is 2.34. The van der Waals surface area contributed by atoms with Gasteiger partial charge < -0.3 is 79.0 Å². The highest BCUT2D eigenvalue weighted by Gasteiger charge is 2.51. The zero-order valence-electron chi connectivity index (χ0n) is 29.1. The van der Waals surface area contributed by atoms with E-state index in [0.29, 0.717) is 0 Å². The molecule has 52 heavy (non-hydrogen) atoms. The number of hydrogen-bond donors (Lipinski definition) is 7. The van der Waals surface area contributed by atoms with Crippen molar-refractivity contribution in [3.63, 3.8) is 0 Å². The van der Waals surface area contributed by atoms with Crippen molar-refractivity contribution in [3.8, 4) is 0 Å². The molecule has 5 rings (SSSR count). The van der Waals surface area contributed by atoms with Crippen molar-refractivity contribution in [2.75, 3.05) is 19.8 Å². The number of aliphatic hydroxyl groups is 6. The molecule has 17 heteroatoms. The van der Waals surface area contributed by atoms with E-state index in [4.69, 9.17) is 33.2 Å². The summed E-state index contributed by atoms with van der Waals surface area (Å²) in [6.07, 6.45) is -15.7. The third-order valence-corrected chi connectivity index (χ3v) is 10.2. The average Bonchev–Trinajstić information content (AvgIpc) is 3.15. The van der Waals surface area contributed by atoms with Crippen molar-refractivity contribution >= 4 is 12.1 Å². The van der Waals surface area contributed by atoms with Gasteiger partial charge in [-0.15, -0.1) is 0 Å². The summed E-state index contributed by atoms with van der Waals surface area (Å²) in [5.74, 6) is -1.44. The molecule has 7 N–H and O–H groups in total. The first-order chi connectivity index (χ1) is 25.0. The van der Waals surface area contributed by atoms with Gasteiger partial charge in [-0.05, 0) is 31.2 Å². The van der Waals surface area contributed by atoms with Crippen molar-refractivity contribution in [2.24, 2.45) is 5.92 Å². The second-order valence-corrected chi connectivity index (χ2v) is 14.0. The molecule has 1 aromatic carbocycles. The Balaban J connectivity index is 1.31. The van der Waals surface area contributed by atoms with Crippen LogP contribution in [0.4, 0.5) is 4.79 Å². The van der Waals surface area contributed by atoms with Gasteiger partial charge in [0.25, 0.3) is 0 Å². The molecular weight excluding hydrogens is 690 g/mol. The lowest BCUT2D eigenvalue weighted by molar-refractivity contribution is -0.359. The fourth-order valence-corrected chi connectivity index (χ4v) is 7.19. The molecule has 0 aromatic heterocycles. The fraction of sp³-hybridized carbons (Fsp3) is 0.771. The first-order valence-corrected chi connectivity index (χ1v) is 18.0. The van der Waals surface area contributed by atoms with Crippen molar-refractivity contribution in [1.82, 2.24) is 5.32 Å². The third-order valence-electron chi connectivity index (χ3n) is 10.2. The van der Waals surface area contributed by atoms with Crippen molar-refractivity contribution < 1.29 is 78.5 Å². The molecule has 4 fully saturated rings. The number of aliphatic carboxylic acids is 1. The fourth-order valence-electron chi connectivity index (χ4n) is 7.19. The van der Waals surface area contributed by atoms with Crippen LogP contribution in [0.1, 0.15) is 57.4 Å². The van der Waals surface area contributed by atoms with E-state index in [2.05, 4.69) is 5.32 Å². The number of amides is 1. The summed E-state index contributed by atoms with van der Waals surface area (Å²) >= 11 is 0. The van der Waals surface area contributed by atoms with Crippen LogP contribution in [0.5, 0.6) is 0 Å². The Bertz CT molecular complexity index is 1250. The molecule has 4 aliphatic rings. The van der Waals surface area contributed by atoms with Gasteiger partial charge in [-0.25, -0.2) is 4.79 Å². The van der Waals surface area contributed by atoms with Crippen LogP contribution in [0.25, 0.3) is 0 Å². The summed E-state index contributed by atoms with van der Waals surface area (Å²) in [5, 5.41) is 78.6. The number of hydrogen-bond acceptors (Lipinski definition) is 16. The predicted octanol–water partition coefficient (Wildman–Crippen LogP) is -1.79. The Hall–Kier alpha value is -2.52. The first-order valence-electron chi connectivity index (χ1n) is 18.0. The van der Waals surface area contributed by atoms with E-state index < -0.39 is 104 Å². The van der Waals surface area contributed by atoms with Gasteiger partial charge in [0.05, 0.1) is 30.9 Å². The van der Waals surface area contributed by atoms with E-state index in [-0.39, 0.29) is 38.5 Å². The molecular formula is C35H52NO16-. The van der Waals surface area contributed by atoms with E-state index in [1.807, 2.05) is 6.07 Å². The van der Waals surface area contributed by atoms with Gasteiger partial charge in [-0.1, -0.05) is 62.4 Å². The normalized spacial score (nSPS) is 37.9. The van der Waals surface area contributed by atoms with E-state index in [0.717, 1.165) is 37.7 Å². The molecule has 3 heterocycles. The predicted molar refractivity (Wildman–Crippen MR) is 174 cm³/mol. The summed E-state index contributed by atoms with van der Waals surface area (Å²) in [7, 11) is 0. The molecule has 3 saturated heterocycles. The summed E-state index contributed by atoms with van der Waals surface area (Å²) < 4.78 is 40.8. The Kier molecular flexibility index (Phi) is 15.0. The van der Waals surface area contributed by atoms with Gasteiger partial charge in [0.1, 0.15) is 61.5 Å². The summed E-state index contributed by atoms with van der Waals surface area (Å²) in [4.78, 5) is 24.8. The molecule has 294 valence electrons. The van der Waals surface area contributed by atoms with Gasteiger partial charge in [0.2, 0.25) is 0 Å². The van der Waals surface area contributed by atoms with Gasteiger partial charge in [0.15, 0.2) is 12.6 Å². The minimum atomic E-state index is -1.76. The Labute approximate surface area is 301 Å². The smallest absolute Gasteiger partial charge is 0.407 e. The van der Waals surface area contributed by atoms with Crippen LogP contribution < -0.4 is 10.4 Å². The quantitative estimate of drug-likeness (QED) is 0.111.